The van der Waals surface area contributed by atoms with Gasteiger partial charge in [-0.2, -0.15) is 0 Å². The molecule has 0 aliphatic carbocycles. The number of rotatable bonds is 15. The maximum atomic E-state index is 15.3. The predicted molar refractivity (Wildman–Crippen MR) is 207 cm³/mol. The Morgan fingerprint density at radius 3 is 2.35 bits per heavy atom. The first-order valence-corrected chi connectivity index (χ1v) is 18.5. The van der Waals surface area contributed by atoms with Crippen molar-refractivity contribution in [2.24, 2.45) is 11.7 Å². The van der Waals surface area contributed by atoms with E-state index in [1.54, 1.807) is 46.9 Å². The standard InChI is InChI=1S/C38H47FN10O8/c1-5-46-19-27(36(53)54)34(51)26-17-28(39)32(18-31(26)46)47-13-15-48(16-14-47)38(56)57-21-24-8-10-25(11-9-24)43-35(52)30(7-6-12-41-37(40)55)49-20-29(44-45-49)33(22(2)3)42-23(4)50/h8-11,17-20,22,30,33H,5-7,12-16,21H2,1-4H3,(H,42,50)(H,43,52)(H,53,54)(H3,40,41,55). The van der Waals surface area contributed by atoms with E-state index in [1.165, 1.54) is 28.8 Å². The van der Waals surface area contributed by atoms with Gasteiger partial charge in [0.15, 0.2) is 0 Å². The molecule has 0 bridgehead atoms. The number of benzene rings is 2. The molecule has 2 aromatic heterocycles. The Morgan fingerprint density at radius 2 is 1.74 bits per heavy atom. The number of nitrogens with two attached hydrogens (primary N) is 1. The first kappa shape index (κ1) is 41.6. The lowest BCUT2D eigenvalue weighted by molar-refractivity contribution is -0.120. The van der Waals surface area contributed by atoms with E-state index in [0.717, 1.165) is 6.07 Å². The van der Waals surface area contributed by atoms with Crippen LogP contribution in [0.3, 0.4) is 0 Å². The van der Waals surface area contributed by atoms with Crippen LogP contribution in [0.1, 0.15) is 74.2 Å². The highest BCUT2D eigenvalue weighted by Gasteiger charge is 2.27. The van der Waals surface area contributed by atoms with Gasteiger partial charge in [-0.3, -0.25) is 14.4 Å². The SMILES string of the molecule is CCn1cc(C(=O)O)c(=O)c2cc(F)c(N3CCN(C(=O)OCc4ccc(NC(=O)C(CCCNC(N)=O)n5cc(C(NC(C)=O)C(C)C)nn5)cc4)CC3)cc21. The lowest BCUT2D eigenvalue weighted by Crippen LogP contribution is -2.49. The lowest BCUT2D eigenvalue weighted by atomic mass is 10.0. The Bertz CT molecular complexity index is 2180. The molecule has 0 saturated carbocycles. The zero-order valence-corrected chi connectivity index (χ0v) is 32.2. The van der Waals surface area contributed by atoms with Gasteiger partial charge in [-0.1, -0.05) is 31.2 Å². The number of nitrogens with zero attached hydrogens (tertiary/aromatic N) is 6. The van der Waals surface area contributed by atoms with Gasteiger partial charge in [0.05, 0.1) is 23.4 Å². The number of fused-ring (bicyclic) bond motifs is 1. The monoisotopic (exact) mass is 790 g/mol. The number of amides is 5. The van der Waals surface area contributed by atoms with Crippen molar-refractivity contribution in [1.82, 2.24) is 35.1 Å². The summed E-state index contributed by atoms with van der Waals surface area (Å²) in [6.45, 7) is 8.72. The number of urea groups is 1. The minimum Gasteiger partial charge on any atom is -0.477 e. The average Bonchev–Trinajstić information content (AvgIpc) is 3.65. The van der Waals surface area contributed by atoms with Gasteiger partial charge in [0, 0.05) is 63.5 Å². The number of aromatic nitrogens is 4. The molecule has 2 unspecified atom stereocenters. The van der Waals surface area contributed by atoms with Crippen molar-refractivity contribution in [2.45, 2.75) is 65.8 Å². The molecule has 1 aliphatic heterocycles. The smallest absolute Gasteiger partial charge is 0.410 e. The van der Waals surface area contributed by atoms with Crippen LogP contribution in [-0.4, -0.2) is 92.2 Å². The van der Waals surface area contributed by atoms with E-state index in [-0.39, 0.29) is 61.5 Å². The van der Waals surface area contributed by atoms with Crippen LogP contribution in [0.15, 0.2) is 53.6 Å². The zero-order chi connectivity index (χ0) is 41.4. The molecule has 18 nitrogen and oxygen atoms in total. The quantitative estimate of drug-likeness (QED) is 0.110. The van der Waals surface area contributed by atoms with Gasteiger partial charge in [-0.25, -0.2) is 23.5 Å². The number of ether oxygens (including phenoxy) is 1. The van der Waals surface area contributed by atoms with Crippen molar-refractivity contribution < 1.29 is 38.2 Å². The van der Waals surface area contributed by atoms with Gasteiger partial charge in [-0.05, 0) is 55.5 Å². The number of hydrogen-bond donors (Lipinski definition) is 5. The summed E-state index contributed by atoms with van der Waals surface area (Å²) in [5, 5.41) is 26.1. The highest BCUT2D eigenvalue weighted by molar-refractivity contribution is 5.94. The number of aryl methyl sites for hydroxylation is 1. The van der Waals surface area contributed by atoms with E-state index in [0.29, 0.717) is 48.5 Å². The Labute approximate surface area is 327 Å². The predicted octanol–water partition coefficient (Wildman–Crippen LogP) is 3.37. The molecule has 6 N–H and O–H groups in total. The second-order valence-electron chi connectivity index (χ2n) is 14.0. The molecule has 2 atom stereocenters. The molecule has 2 aromatic carbocycles. The first-order valence-electron chi connectivity index (χ1n) is 18.5. The Kier molecular flexibility index (Phi) is 13.4. The summed E-state index contributed by atoms with van der Waals surface area (Å²) in [7, 11) is 0. The Morgan fingerprint density at radius 1 is 1.04 bits per heavy atom. The van der Waals surface area contributed by atoms with Crippen molar-refractivity contribution in [1.29, 1.82) is 0 Å². The summed E-state index contributed by atoms with van der Waals surface area (Å²) in [4.78, 5) is 77.1. The molecule has 0 spiro atoms. The number of pyridine rings is 1. The number of anilines is 2. The molecule has 57 heavy (non-hydrogen) atoms. The van der Waals surface area contributed by atoms with Crippen molar-refractivity contribution in [3.8, 4) is 0 Å². The first-order chi connectivity index (χ1) is 27.2. The van der Waals surface area contributed by atoms with E-state index in [1.807, 2.05) is 13.8 Å². The molecule has 5 amide bonds. The van der Waals surface area contributed by atoms with E-state index >= 15 is 4.39 Å². The molecular weight excluding hydrogens is 743 g/mol. The summed E-state index contributed by atoms with van der Waals surface area (Å²) < 4.78 is 23.9. The van der Waals surface area contributed by atoms with Crippen molar-refractivity contribution in [2.75, 3.05) is 42.9 Å². The summed E-state index contributed by atoms with van der Waals surface area (Å²) in [5.41, 5.74) is 6.29. The summed E-state index contributed by atoms with van der Waals surface area (Å²) in [6, 6.07) is 7.46. The fourth-order valence-electron chi connectivity index (χ4n) is 6.61. The highest BCUT2D eigenvalue weighted by Crippen LogP contribution is 2.27. The van der Waals surface area contributed by atoms with Crippen LogP contribution in [0.4, 0.5) is 25.4 Å². The van der Waals surface area contributed by atoms with Crippen molar-refractivity contribution >= 4 is 52.2 Å². The third kappa shape index (κ3) is 10.2. The van der Waals surface area contributed by atoms with Crippen LogP contribution < -0.4 is 32.0 Å². The van der Waals surface area contributed by atoms with Gasteiger partial charge >= 0.3 is 18.1 Å². The Balaban J connectivity index is 1.17. The molecule has 5 rings (SSSR count). The van der Waals surface area contributed by atoms with Crippen LogP contribution in [-0.2, 0) is 27.5 Å². The van der Waals surface area contributed by atoms with E-state index in [9.17, 15) is 33.9 Å². The summed E-state index contributed by atoms with van der Waals surface area (Å²) in [5.74, 6) is -2.66. The van der Waals surface area contributed by atoms with Crippen LogP contribution in [0.5, 0.6) is 0 Å². The molecule has 1 fully saturated rings. The minimum absolute atomic E-state index is 0.00481. The van der Waals surface area contributed by atoms with Gasteiger partial charge in [0.2, 0.25) is 17.2 Å². The molecule has 1 saturated heterocycles. The molecule has 0 radical (unpaired) electrons. The van der Waals surface area contributed by atoms with Gasteiger partial charge < -0.3 is 45.9 Å². The second-order valence-corrected chi connectivity index (χ2v) is 14.0. The fraction of sp³-hybridized carbons (Fsp3) is 0.421. The molecule has 4 aromatic rings. The highest BCUT2D eigenvalue weighted by atomic mass is 19.1. The lowest BCUT2D eigenvalue weighted by Gasteiger charge is -2.35. The fourth-order valence-corrected chi connectivity index (χ4v) is 6.61. The average molecular weight is 791 g/mol. The largest absolute Gasteiger partial charge is 0.477 e. The number of carbonyl (C=O) groups excluding carboxylic acids is 4. The number of nitrogens with one attached hydrogen (secondary N) is 3. The number of primary amides is 1. The molecule has 3 heterocycles. The van der Waals surface area contributed by atoms with Gasteiger partial charge in [0.25, 0.3) is 0 Å². The number of carboxylic acids is 1. The maximum Gasteiger partial charge on any atom is 0.410 e. The molecule has 1 aliphatic rings. The minimum atomic E-state index is -1.38. The summed E-state index contributed by atoms with van der Waals surface area (Å²) in [6.07, 6.45) is 3.03. The van der Waals surface area contributed by atoms with E-state index in [2.05, 4.69) is 26.3 Å². The topological polar surface area (TPSA) is 236 Å². The van der Waals surface area contributed by atoms with Crippen LogP contribution in [0, 0.1) is 11.7 Å². The number of hydrogen-bond acceptors (Lipinski definition) is 10. The third-order valence-electron chi connectivity index (χ3n) is 9.63. The molecule has 19 heteroatoms. The van der Waals surface area contributed by atoms with E-state index in [4.69, 9.17) is 10.5 Å². The van der Waals surface area contributed by atoms with Crippen LogP contribution in [0.2, 0.25) is 0 Å². The number of carbonyl (C=O) groups is 5. The van der Waals surface area contributed by atoms with Crippen molar-refractivity contribution in [3.63, 3.8) is 0 Å². The number of aromatic carboxylic acids is 1. The second kappa shape index (κ2) is 18.4. The van der Waals surface area contributed by atoms with Gasteiger partial charge in [0.1, 0.15) is 29.7 Å². The van der Waals surface area contributed by atoms with E-state index < -0.39 is 47.0 Å². The number of carboxylic acid groups (broad SMARTS) is 1. The third-order valence-corrected chi connectivity index (χ3v) is 9.63. The number of piperazine rings is 1. The van der Waals surface area contributed by atoms with Crippen LogP contribution in [0.25, 0.3) is 10.9 Å². The summed E-state index contributed by atoms with van der Waals surface area (Å²) >= 11 is 0. The Hall–Kier alpha value is -6.53. The number of halogens is 1. The van der Waals surface area contributed by atoms with Crippen LogP contribution >= 0.6 is 0 Å². The zero-order valence-electron chi connectivity index (χ0n) is 32.2. The normalized spacial score (nSPS) is 13.9. The maximum absolute atomic E-state index is 15.3. The molecule has 304 valence electrons. The molecular formula is C38H47FN10O8. The van der Waals surface area contributed by atoms with Gasteiger partial charge in [-0.15, -0.1) is 5.10 Å². The van der Waals surface area contributed by atoms with Crippen molar-refractivity contribution in [3.05, 3.63) is 81.7 Å².